The van der Waals surface area contributed by atoms with Gasteiger partial charge in [-0.25, -0.2) is 0 Å². The monoisotopic (exact) mass is 299 g/mol. The van der Waals surface area contributed by atoms with Gasteiger partial charge in [0.05, 0.1) is 23.9 Å². The second-order valence-electron chi connectivity index (χ2n) is 5.34. The van der Waals surface area contributed by atoms with E-state index in [1.165, 1.54) is 6.20 Å². The third kappa shape index (κ3) is 2.53. The lowest BCUT2D eigenvalue weighted by molar-refractivity contribution is -0.118. The van der Waals surface area contributed by atoms with Gasteiger partial charge >= 0.3 is 0 Å². The number of benzene rings is 1. The first-order chi connectivity index (χ1) is 10.6. The molecule has 3 rings (SSSR count). The van der Waals surface area contributed by atoms with Crippen molar-refractivity contribution in [2.75, 3.05) is 0 Å². The Hall–Kier alpha value is -2.47. The van der Waals surface area contributed by atoms with Gasteiger partial charge in [-0.2, -0.15) is 5.10 Å². The number of hydrogen-bond acceptors (Lipinski definition) is 4. The molecule has 1 aromatic heterocycles. The molecule has 0 bridgehead atoms. The fraction of sp³-hybridized carbons (Fsp3) is 0.312. The third-order valence-corrected chi connectivity index (χ3v) is 3.92. The first-order valence-electron chi connectivity index (χ1n) is 7.23. The first kappa shape index (κ1) is 14.5. The lowest BCUT2D eigenvalue weighted by Crippen LogP contribution is -2.38. The van der Waals surface area contributed by atoms with E-state index >= 15 is 0 Å². The van der Waals surface area contributed by atoms with E-state index < -0.39 is 23.8 Å². The molecule has 2 atom stereocenters. The van der Waals surface area contributed by atoms with Gasteiger partial charge in [-0.15, -0.1) is 0 Å². The number of ketones is 1. The predicted octanol–water partition coefficient (Wildman–Crippen LogP) is 0.860. The second kappa shape index (κ2) is 5.73. The molecule has 2 N–H and O–H groups in total. The average Bonchev–Trinajstić information content (AvgIpc) is 3.12. The number of nitrogens with one attached hydrogen (secondary N) is 1. The molecule has 1 heterocycles. The highest BCUT2D eigenvalue weighted by Crippen LogP contribution is 2.31. The standard InChI is InChI=1S/C16H17N3O3/c1-2-19-9-11(8-17-19)15(21)16(22)18-14-12-6-4-3-5-10(12)7-13(14)20/h3-6,8-9,13-14,20H,2,7H2,1H3,(H,18,22). The molecule has 1 aliphatic carbocycles. The summed E-state index contributed by atoms with van der Waals surface area (Å²) in [7, 11) is 0. The second-order valence-corrected chi connectivity index (χ2v) is 5.34. The first-order valence-corrected chi connectivity index (χ1v) is 7.23. The maximum atomic E-state index is 12.1. The average molecular weight is 299 g/mol. The molecule has 0 saturated carbocycles. The van der Waals surface area contributed by atoms with Crippen LogP contribution in [0.15, 0.2) is 36.7 Å². The van der Waals surface area contributed by atoms with Crippen molar-refractivity contribution in [2.24, 2.45) is 0 Å². The fourth-order valence-electron chi connectivity index (χ4n) is 2.74. The van der Waals surface area contributed by atoms with Gasteiger partial charge in [0.15, 0.2) is 0 Å². The minimum absolute atomic E-state index is 0.250. The number of aromatic nitrogens is 2. The molecule has 0 saturated heterocycles. The van der Waals surface area contributed by atoms with E-state index in [1.807, 2.05) is 31.2 Å². The van der Waals surface area contributed by atoms with E-state index in [2.05, 4.69) is 10.4 Å². The van der Waals surface area contributed by atoms with Crippen molar-refractivity contribution in [2.45, 2.75) is 32.0 Å². The summed E-state index contributed by atoms with van der Waals surface area (Å²) >= 11 is 0. The summed E-state index contributed by atoms with van der Waals surface area (Å²) in [6.45, 7) is 2.52. The molecule has 0 radical (unpaired) electrons. The number of aryl methyl sites for hydroxylation is 1. The van der Waals surface area contributed by atoms with Gasteiger partial charge < -0.3 is 10.4 Å². The van der Waals surface area contributed by atoms with E-state index in [1.54, 1.807) is 10.9 Å². The molecule has 2 aromatic rings. The Balaban J connectivity index is 1.75. The van der Waals surface area contributed by atoms with Crippen LogP contribution in [0.25, 0.3) is 0 Å². The number of fused-ring (bicyclic) bond motifs is 1. The summed E-state index contributed by atoms with van der Waals surface area (Å²) in [6.07, 6.45) is 2.68. The molecule has 0 fully saturated rings. The number of carbonyl (C=O) groups is 2. The molecular formula is C16H17N3O3. The van der Waals surface area contributed by atoms with Crippen LogP contribution < -0.4 is 5.32 Å². The Morgan fingerprint density at radius 2 is 2.18 bits per heavy atom. The molecule has 2 unspecified atom stereocenters. The number of aliphatic hydroxyl groups excluding tert-OH is 1. The van der Waals surface area contributed by atoms with Crippen LogP contribution in [0.3, 0.4) is 0 Å². The highest BCUT2D eigenvalue weighted by molar-refractivity contribution is 6.42. The van der Waals surface area contributed by atoms with Gasteiger partial charge in [0.2, 0.25) is 0 Å². The van der Waals surface area contributed by atoms with Gasteiger partial charge in [-0.05, 0) is 18.1 Å². The minimum Gasteiger partial charge on any atom is -0.390 e. The van der Waals surface area contributed by atoms with E-state index in [0.29, 0.717) is 13.0 Å². The van der Waals surface area contributed by atoms with Crippen molar-refractivity contribution < 1.29 is 14.7 Å². The normalized spacial score (nSPS) is 19.7. The molecule has 1 aromatic carbocycles. The summed E-state index contributed by atoms with van der Waals surface area (Å²) in [5, 5.41) is 16.7. The van der Waals surface area contributed by atoms with Crippen LogP contribution in [0, 0.1) is 0 Å². The molecule has 114 valence electrons. The zero-order chi connectivity index (χ0) is 15.7. The minimum atomic E-state index is -0.726. The SMILES string of the molecule is CCn1cc(C(=O)C(=O)NC2c3ccccc3CC2O)cn1. The molecular weight excluding hydrogens is 282 g/mol. The number of amides is 1. The Labute approximate surface area is 127 Å². The van der Waals surface area contributed by atoms with Crippen LogP contribution >= 0.6 is 0 Å². The lowest BCUT2D eigenvalue weighted by Gasteiger charge is -2.17. The van der Waals surface area contributed by atoms with Crippen LogP contribution in [-0.4, -0.2) is 32.7 Å². The molecule has 6 heteroatoms. The number of aliphatic hydroxyl groups is 1. The highest BCUT2D eigenvalue weighted by atomic mass is 16.3. The number of hydrogen-bond donors (Lipinski definition) is 2. The number of Topliss-reactive ketones (excluding diaryl/α,β-unsaturated/α-hetero) is 1. The smallest absolute Gasteiger partial charge is 0.293 e. The van der Waals surface area contributed by atoms with E-state index in [9.17, 15) is 14.7 Å². The van der Waals surface area contributed by atoms with Crippen molar-refractivity contribution in [1.82, 2.24) is 15.1 Å². The van der Waals surface area contributed by atoms with E-state index in [4.69, 9.17) is 0 Å². The highest BCUT2D eigenvalue weighted by Gasteiger charge is 2.33. The molecule has 1 aliphatic rings. The molecule has 0 spiro atoms. The van der Waals surface area contributed by atoms with Crippen LogP contribution in [0.1, 0.15) is 34.5 Å². The fourth-order valence-corrected chi connectivity index (χ4v) is 2.74. The van der Waals surface area contributed by atoms with Crippen molar-refractivity contribution in [3.05, 3.63) is 53.3 Å². The van der Waals surface area contributed by atoms with Crippen LogP contribution in [0.5, 0.6) is 0 Å². The van der Waals surface area contributed by atoms with Crippen LogP contribution in [0.4, 0.5) is 0 Å². The Bertz CT molecular complexity index is 723. The van der Waals surface area contributed by atoms with Crippen molar-refractivity contribution in [1.29, 1.82) is 0 Å². The maximum absolute atomic E-state index is 12.1. The van der Waals surface area contributed by atoms with E-state index in [-0.39, 0.29) is 5.56 Å². The summed E-state index contributed by atoms with van der Waals surface area (Å²) in [5.41, 5.74) is 2.10. The van der Waals surface area contributed by atoms with Gasteiger partial charge in [-0.3, -0.25) is 14.3 Å². The summed E-state index contributed by atoms with van der Waals surface area (Å²) in [4.78, 5) is 24.3. The Morgan fingerprint density at radius 3 is 2.91 bits per heavy atom. The number of nitrogens with zero attached hydrogens (tertiary/aromatic N) is 2. The Kier molecular flexibility index (Phi) is 3.77. The lowest BCUT2D eigenvalue weighted by atomic mass is 10.1. The summed E-state index contributed by atoms with van der Waals surface area (Å²) in [5.74, 6) is -1.37. The molecule has 6 nitrogen and oxygen atoms in total. The van der Waals surface area contributed by atoms with Crippen LogP contribution in [0.2, 0.25) is 0 Å². The number of rotatable bonds is 4. The topological polar surface area (TPSA) is 84.2 Å². The van der Waals surface area contributed by atoms with E-state index in [0.717, 1.165) is 11.1 Å². The zero-order valence-electron chi connectivity index (χ0n) is 12.2. The number of carbonyl (C=O) groups excluding carboxylic acids is 2. The largest absolute Gasteiger partial charge is 0.390 e. The van der Waals surface area contributed by atoms with Gasteiger partial charge in [0, 0.05) is 19.2 Å². The molecule has 0 aliphatic heterocycles. The van der Waals surface area contributed by atoms with Crippen molar-refractivity contribution >= 4 is 11.7 Å². The van der Waals surface area contributed by atoms with Crippen molar-refractivity contribution in [3.8, 4) is 0 Å². The maximum Gasteiger partial charge on any atom is 0.293 e. The van der Waals surface area contributed by atoms with Gasteiger partial charge in [0.1, 0.15) is 0 Å². The summed E-state index contributed by atoms with van der Waals surface area (Å²) < 4.78 is 1.58. The Morgan fingerprint density at radius 1 is 1.41 bits per heavy atom. The molecule has 22 heavy (non-hydrogen) atoms. The third-order valence-electron chi connectivity index (χ3n) is 3.92. The van der Waals surface area contributed by atoms with Gasteiger partial charge in [0.25, 0.3) is 11.7 Å². The van der Waals surface area contributed by atoms with Gasteiger partial charge in [-0.1, -0.05) is 24.3 Å². The van der Waals surface area contributed by atoms with Crippen molar-refractivity contribution in [3.63, 3.8) is 0 Å². The zero-order valence-corrected chi connectivity index (χ0v) is 12.2. The predicted molar refractivity (Wildman–Crippen MR) is 79.3 cm³/mol. The van der Waals surface area contributed by atoms with Crippen LogP contribution in [-0.2, 0) is 17.8 Å². The molecule has 1 amide bonds. The quantitative estimate of drug-likeness (QED) is 0.648. The summed E-state index contributed by atoms with van der Waals surface area (Å²) in [6, 6.07) is 6.96.